The Morgan fingerprint density at radius 2 is 1.79 bits per heavy atom. The third kappa shape index (κ3) is 4.47. The summed E-state index contributed by atoms with van der Waals surface area (Å²) in [6.45, 7) is 2.85. The number of benzene rings is 2. The van der Waals surface area contributed by atoms with E-state index in [4.69, 9.17) is 4.74 Å². The van der Waals surface area contributed by atoms with Crippen LogP contribution in [0.4, 0.5) is 8.78 Å². The number of hydrogen-bond acceptors (Lipinski definition) is 4. The third-order valence-corrected chi connectivity index (χ3v) is 6.91. The quantitative estimate of drug-likeness (QED) is 0.740. The molecule has 1 heterocycles. The van der Waals surface area contributed by atoms with E-state index in [0.29, 0.717) is 18.8 Å². The molecule has 0 bridgehead atoms. The van der Waals surface area contributed by atoms with Gasteiger partial charge in [-0.25, -0.2) is 17.2 Å². The van der Waals surface area contributed by atoms with Crippen LogP contribution >= 0.6 is 0 Å². The summed E-state index contributed by atoms with van der Waals surface area (Å²) in [4.78, 5) is 14.3. The number of morpholine rings is 1. The highest BCUT2D eigenvalue weighted by molar-refractivity contribution is 7.89. The van der Waals surface area contributed by atoms with Gasteiger partial charge < -0.3 is 9.64 Å². The Labute approximate surface area is 168 Å². The van der Waals surface area contributed by atoms with Gasteiger partial charge in [0.25, 0.3) is 5.91 Å². The Kier molecular flexibility index (Phi) is 6.30. The number of sulfonamides is 1. The lowest BCUT2D eigenvalue weighted by Gasteiger charge is -2.27. The van der Waals surface area contributed by atoms with Crippen LogP contribution in [0.15, 0.2) is 47.4 Å². The fourth-order valence-electron chi connectivity index (χ4n) is 3.10. The van der Waals surface area contributed by atoms with Crippen molar-refractivity contribution in [2.75, 3.05) is 33.4 Å². The molecule has 1 saturated heterocycles. The van der Waals surface area contributed by atoms with Gasteiger partial charge in [0.1, 0.15) is 0 Å². The molecule has 2 aromatic rings. The number of carbonyl (C=O) groups is 1. The first-order valence-corrected chi connectivity index (χ1v) is 10.6. The number of nitrogens with zero attached hydrogens (tertiary/aromatic N) is 2. The molecule has 0 spiro atoms. The minimum absolute atomic E-state index is 0.0270. The molecule has 0 aliphatic carbocycles. The highest BCUT2D eigenvalue weighted by Crippen LogP contribution is 2.24. The Bertz CT molecular complexity index is 1010. The SMILES string of the molecule is CC(c1ccc(F)c(F)c1)N(C)C(=O)c1cccc(S(=O)(=O)N2CCOCC2)c1. The van der Waals surface area contributed by atoms with Gasteiger partial charge in [-0.15, -0.1) is 0 Å². The second-order valence-corrected chi connectivity index (χ2v) is 8.75. The Balaban J connectivity index is 1.83. The van der Waals surface area contributed by atoms with Crippen molar-refractivity contribution in [3.05, 3.63) is 65.2 Å². The molecule has 156 valence electrons. The predicted molar refractivity (Wildman–Crippen MR) is 103 cm³/mol. The molecule has 1 unspecified atom stereocenters. The van der Waals surface area contributed by atoms with Gasteiger partial charge in [-0.1, -0.05) is 12.1 Å². The Morgan fingerprint density at radius 1 is 1.10 bits per heavy atom. The highest BCUT2D eigenvalue weighted by Gasteiger charge is 2.28. The number of rotatable bonds is 5. The second-order valence-electron chi connectivity index (χ2n) is 6.81. The van der Waals surface area contributed by atoms with Crippen molar-refractivity contribution in [2.45, 2.75) is 17.9 Å². The summed E-state index contributed by atoms with van der Waals surface area (Å²) in [5.41, 5.74) is 0.619. The molecule has 2 aromatic carbocycles. The lowest BCUT2D eigenvalue weighted by molar-refractivity contribution is 0.0728. The Morgan fingerprint density at radius 3 is 2.45 bits per heavy atom. The van der Waals surface area contributed by atoms with Crippen LogP contribution in [0.2, 0.25) is 0 Å². The van der Waals surface area contributed by atoms with Crippen LogP contribution < -0.4 is 0 Å². The van der Waals surface area contributed by atoms with Crippen molar-refractivity contribution >= 4 is 15.9 Å². The number of hydrogen-bond donors (Lipinski definition) is 0. The second kappa shape index (κ2) is 8.56. The minimum Gasteiger partial charge on any atom is -0.379 e. The molecule has 9 heteroatoms. The van der Waals surface area contributed by atoms with Crippen LogP contribution in [-0.2, 0) is 14.8 Å². The minimum atomic E-state index is -3.74. The molecule has 0 saturated carbocycles. The summed E-state index contributed by atoms with van der Waals surface area (Å²) >= 11 is 0. The summed E-state index contributed by atoms with van der Waals surface area (Å²) in [7, 11) is -2.21. The maximum atomic E-state index is 13.5. The maximum Gasteiger partial charge on any atom is 0.254 e. The molecule has 1 aliphatic heterocycles. The van der Waals surface area contributed by atoms with Crippen LogP contribution in [0.3, 0.4) is 0 Å². The standard InChI is InChI=1S/C20H22F2N2O4S/c1-14(15-6-7-18(21)19(22)13-15)23(2)20(25)16-4-3-5-17(12-16)29(26,27)24-8-10-28-11-9-24/h3-7,12-14H,8-11H2,1-2H3. The van der Waals surface area contributed by atoms with Gasteiger partial charge in [-0.3, -0.25) is 4.79 Å². The molecule has 0 radical (unpaired) electrons. The lowest BCUT2D eigenvalue weighted by Crippen LogP contribution is -2.40. The van der Waals surface area contributed by atoms with Gasteiger partial charge in [-0.05, 0) is 42.8 Å². The molecule has 1 aliphatic rings. The van der Waals surface area contributed by atoms with Gasteiger partial charge in [0.05, 0.1) is 24.2 Å². The number of halogens is 2. The van der Waals surface area contributed by atoms with E-state index in [1.807, 2.05) is 0 Å². The van der Waals surface area contributed by atoms with Gasteiger partial charge in [0.15, 0.2) is 11.6 Å². The molecule has 1 amide bonds. The molecular weight excluding hydrogens is 402 g/mol. The Hall–Kier alpha value is -2.36. The van der Waals surface area contributed by atoms with E-state index in [0.717, 1.165) is 12.1 Å². The molecule has 3 rings (SSSR count). The largest absolute Gasteiger partial charge is 0.379 e. The number of amides is 1. The van der Waals surface area contributed by atoms with Crippen LogP contribution in [0.25, 0.3) is 0 Å². The average Bonchev–Trinajstić information content (AvgIpc) is 2.74. The summed E-state index contributed by atoms with van der Waals surface area (Å²) in [6, 6.07) is 8.73. The van der Waals surface area contributed by atoms with E-state index in [-0.39, 0.29) is 23.5 Å². The molecular formula is C20H22F2N2O4S. The van der Waals surface area contributed by atoms with Crippen molar-refractivity contribution in [1.82, 2.24) is 9.21 Å². The number of ether oxygens (including phenoxy) is 1. The van der Waals surface area contributed by atoms with Crippen LogP contribution in [0.1, 0.15) is 28.9 Å². The summed E-state index contributed by atoms with van der Waals surface area (Å²) in [5, 5.41) is 0. The van der Waals surface area contributed by atoms with Crippen LogP contribution in [0.5, 0.6) is 0 Å². The van der Waals surface area contributed by atoms with Gasteiger partial charge in [0.2, 0.25) is 10.0 Å². The van der Waals surface area contributed by atoms with Crippen molar-refractivity contribution in [1.29, 1.82) is 0 Å². The first-order valence-electron chi connectivity index (χ1n) is 9.12. The maximum absolute atomic E-state index is 13.5. The molecule has 29 heavy (non-hydrogen) atoms. The van der Waals surface area contributed by atoms with Gasteiger partial charge >= 0.3 is 0 Å². The topological polar surface area (TPSA) is 66.9 Å². The van der Waals surface area contributed by atoms with E-state index in [1.54, 1.807) is 6.92 Å². The average molecular weight is 424 g/mol. The first-order chi connectivity index (χ1) is 13.7. The zero-order valence-corrected chi connectivity index (χ0v) is 17.0. The molecule has 1 atom stereocenters. The summed E-state index contributed by atoms with van der Waals surface area (Å²) in [6.07, 6.45) is 0. The van der Waals surface area contributed by atoms with Gasteiger partial charge in [-0.2, -0.15) is 4.31 Å². The lowest BCUT2D eigenvalue weighted by atomic mass is 10.1. The van der Waals surface area contributed by atoms with Crippen molar-refractivity contribution in [3.63, 3.8) is 0 Å². The zero-order chi connectivity index (χ0) is 21.2. The molecule has 6 nitrogen and oxygen atoms in total. The fraction of sp³-hybridized carbons (Fsp3) is 0.350. The first kappa shape index (κ1) is 21.4. The predicted octanol–water partition coefficient (Wildman–Crippen LogP) is 2.82. The summed E-state index contributed by atoms with van der Waals surface area (Å²) in [5.74, 6) is -2.38. The molecule has 1 fully saturated rings. The van der Waals surface area contributed by atoms with E-state index in [9.17, 15) is 22.0 Å². The third-order valence-electron chi connectivity index (χ3n) is 5.02. The van der Waals surface area contributed by atoms with E-state index in [2.05, 4.69) is 0 Å². The number of carbonyl (C=O) groups excluding carboxylic acids is 1. The monoisotopic (exact) mass is 424 g/mol. The van der Waals surface area contributed by atoms with Gasteiger partial charge in [0, 0.05) is 25.7 Å². The van der Waals surface area contributed by atoms with Crippen molar-refractivity contribution in [3.8, 4) is 0 Å². The van der Waals surface area contributed by atoms with E-state index >= 15 is 0 Å². The normalized spacial score (nSPS) is 16.4. The van der Waals surface area contributed by atoms with Crippen molar-refractivity contribution in [2.24, 2.45) is 0 Å². The smallest absolute Gasteiger partial charge is 0.254 e. The van der Waals surface area contributed by atoms with E-state index in [1.165, 1.54) is 46.6 Å². The van der Waals surface area contributed by atoms with E-state index < -0.39 is 33.6 Å². The van der Waals surface area contributed by atoms with Crippen LogP contribution in [-0.4, -0.2) is 56.9 Å². The fourth-order valence-corrected chi connectivity index (χ4v) is 4.56. The van der Waals surface area contributed by atoms with Crippen LogP contribution in [0, 0.1) is 11.6 Å². The molecule has 0 aromatic heterocycles. The highest BCUT2D eigenvalue weighted by atomic mass is 32.2. The molecule has 0 N–H and O–H groups in total. The zero-order valence-electron chi connectivity index (χ0n) is 16.1. The van der Waals surface area contributed by atoms with Crippen molar-refractivity contribution < 1.29 is 26.7 Å². The summed E-state index contributed by atoms with van der Waals surface area (Å²) < 4.78 is 58.9.